The molecule has 35 heavy (non-hydrogen) atoms. The highest BCUT2D eigenvalue weighted by molar-refractivity contribution is 6.00. The first-order valence-corrected chi connectivity index (χ1v) is 10.5. The van der Waals surface area contributed by atoms with Gasteiger partial charge in [0.15, 0.2) is 0 Å². The van der Waals surface area contributed by atoms with Crippen molar-refractivity contribution in [1.29, 1.82) is 0 Å². The van der Waals surface area contributed by atoms with Gasteiger partial charge in [-0.3, -0.25) is 19.6 Å². The molecule has 0 aliphatic rings. The highest BCUT2D eigenvalue weighted by Crippen LogP contribution is 2.25. The second-order valence-corrected chi connectivity index (χ2v) is 7.29. The standard InChI is InChI=1S/C24H25N5O6/c1-34-19-8-9-21(35-2)16(11-19)5-10-22(30)28-20(12-18-13-25-14-26-18)24(32)27-17-6-3-15(4-7-17)23(31)29-33/h3-11,13-14,20,33H,12H2,1-2H3,(H,25,26)(H,27,32)(H,28,30)(H,29,31)/b10-5+/t20-/m0/s1. The predicted molar refractivity (Wildman–Crippen MR) is 127 cm³/mol. The largest absolute Gasteiger partial charge is 0.497 e. The first-order valence-electron chi connectivity index (χ1n) is 10.5. The number of aromatic nitrogens is 2. The minimum absolute atomic E-state index is 0.166. The Labute approximate surface area is 201 Å². The van der Waals surface area contributed by atoms with E-state index in [4.69, 9.17) is 14.7 Å². The normalized spacial score (nSPS) is 11.5. The van der Waals surface area contributed by atoms with E-state index in [2.05, 4.69) is 20.6 Å². The maximum atomic E-state index is 13.0. The number of methoxy groups -OCH3 is 2. The van der Waals surface area contributed by atoms with Crippen molar-refractivity contribution in [2.24, 2.45) is 0 Å². The quantitative estimate of drug-likeness (QED) is 0.169. The molecule has 3 aromatic rings. The molecule has 0 radical (unpaired) electrons. The molecule has 0 spiro atoms. The van der Waals surface area contributed by atoms with Gasteiger partial charge in [0.05, 0.1) is 20.5 Å². The fraction of sp³-hybridized carbons (Fsp3) is 0.167. The molecule has 1 aromatic heterocycles. The number of nitrogens with one attached hydrogen (secondary N) is 4. The zero-order chi connectivity index (χ0) is 25.2. The Kier molecular flexibility index (Phi) is 8.57. The fourth-order valence-corrected chi connectivity index (χ4v) is 3.18. The summed E-state index contributed by atoms with van der Waals surface area (Å²) in [6, 6.07) is 10.1. The molecule has 0 unspecified atom stereocenters. The van der Waals surface area contributed by atoms with E-state index in [0.717, 1.165) is 0 Å². The van der Waals surface area contributed by atoms with Crippen molar-refractivity contribution >= 4 is 29.5 Å². The number of carbonyl (C=O) groups is 3. The van der Waals surface area contributed by atoms with Crippen LogP contribution in [0.4, 0.5) is 5.69 Å². The first kappa shape index (κ1) is 25.0. The maximum absolute atomic E-state index is 13.0. The molecule has 5 N–H and O–H groups in total. The molecule has 0 aliphatic carbocycles. The molecule has 0 saturated carbocycles. The summed E-state index contributed by atoms with van der Waals surface area (Å²) >= 11 is 0. The zero-order valence-electron chi connectivity index (χ0n) is 19.1. The van der Waals surface area contributed by atoms with Gasteiger partial charge in [0.2, 0.25) is 11.8 Å². The number of ether oxygens (including phenoxy) is 2. The molecule has 0 saturated heterocycles. The van der Waals surface area contributed by atoms with Crippen molar-refractivity contribution in [2.75, 3.05) is 19.5 Å². The Morgan fingerprint density at radius 2 is 1.89 bits per heavy atom. The molecule has 0 bridgehead atoms. The Balaban J connectivity index is 1.73. The number of aromatic amines is 1. The molecule has 0 aliphatic heterocycles. The van der Waals surface area contributed by atoms with Crippen LogP contribution in [0.3, 0.4) is 0 Å². The van der Waals surface area contributed by atoms with Gasteiger partial charge in [-0.15, -0.1) is 0 Å². The summed E-state index contributed by atoms with van der Waals surface area (Å²) < 4.78 is 10.5. The van der Waals surface area contributed by atoms with Crippen molar-refractivity contribution in [3.05, 3.63) is 77.9 Å². The summed E-state index contributed by atoms with van der Waals surface area (Å²) in [6.45, 7) is 0. The number of imidazole rings is 1. The summed E-state index contributed by atoms with van der Waals surface area (Å²) in [6.07, 6.45) is 6.07. The Hall–Kier alpha value is -4.64. The van der Waals surface area contributed by atoms with E-state index in [1.54, 1.807) is 30.5 Å². The SMILES string of the molecule is COc1ccc(OC)c(/C=C/C(=O)N[C@@H](Cc2cnc[nH]2)C(=O)Nc2ccc(C(=O)NO)cc2)c1. The van der Waals surface area contributed by atoms with Gasteiger partial charge < -0.3 is 25.1 Å². The van der Waals surface area contributed by atoms with Gasteiger partial charge in [-0.25, -0.2) is 10.5 Å². The Bertz CT molecular complexity index is 1190. The van der Waals surface area contributed by atoms with Crippen molar-refractivity contribution in [3.8, 4) is 11.5 Å². The lowest BCUT2D eigenvalue weighted by Gasteiger charge is -2.17. The number of anilines is 1. The molecule has 11 heteroatoms. The van der Waals surface area contributed by atoms with Crippen molar-refractivity contribution in [1.82, 2.24) is 20.8 Å². The summed E-state index contributed by atoms with van der Waals surface area (Å²) in [4.78, 5) is 44.0. The Morgan fingerprint density at radius 1 is 1.11 bits per heavy atom. The van der Waals surface area contributed by atoms with Crippen LogP contribution in [0.15, 0.2) is 61.1 Å². The third kappa shape index (κ3) is 6.92. The van der Waals surface area contributed by atoms with Gasteiger partial charge in [0.1, 0.15) is 17.5 Å². The predicted octanol–water partition coefficient (Wildman–Crippen LogP) is 1.93. The summed E-state index contributed by atoms with van der Waals surface area (Å²) in [5, 5.41) is 14.1. The van der Waals surface area contributed by atoms with E-state index in [-0.39, 0.29) is 12.0 Å². The number of hydrogen-bond donors (Lipinski definition) is 5. The molecule has 2 aromatic carbocycles. The van der Waals surface area contributed by atoms with Crippen molar-refractivity contribution in [2.45, 2.75) is 12.5 Å². The van der Waals surface area contributed by atoms with Crippen LogP contribution in [0.25, 0.3) is 6.08 Å². The molecule has 1 atom stereocenters. The van der Waals surface area contributed by atoms with Gasteiger partial charge >= 0.3 is 0 Å². The van der Waals surface area contributed by atoms with E-state index in [9.17, 15) is 14.4 Å². The number of H-pyrrole nitrogens is 1. The third-order valence-corrected chi connectivity index (χ3v) is 4.98. The maximum Gasteiger partial charge on any atom is 0.274 e. The topological polar surface area (TPSA) is 155 Å². The highest BCUT2D eigenvalue weighted by atomic mass is 16.5. The summed E-state index contributed by atoms with van der Waals surface area (Å²) in [5.41, 5.74) is 3.44. The van der Waals surface area contributed by atoms with Crippen LogP contribution in [0, 0.1) is 0 Å². The van der Waals surface area contributed by atoms with Crippen LogP contribution >= 0.6 is 0 Å². The van der Waals surface area contributed by atoms with Gasteiger partial charge in [-0.2, -0.15) is 0 Å². The van der Waals surface area contributed by atoms with Crippen molar-refractivity contribution in [3.63, 3.8) is 0 Å². The third-order valence-electron chi connectivity index (χ3n) is 4.98. The fourth-order valence-electron chi connectivity index (χ4n) is 3.18. The molecule has 3 rings (SSSR count). The lowest BCUT2D eigenvalue weighted by molar-refractivity contribution is -0.123. The van der Waals surface area contributed by atoms with Crippen LogP contribution in [0.1, 0.15) is 21.6 Å². The Morgan fingerprint density at radius 3 is 2.51 bits per heavy atom. The van der Waals surface area contributed by atoms with Crippen LogP contribution < -0.4 is 25.6 Å². The van der Waals surface area contributed by atoms with E-state index < -0.39 is 23.8 Å². The number of amides is 3. The second-order valence-electron chi connectivity index (χ2n) is 7.29. The number of nitrogens with zero attached hydrogens (tertiary/aromatic N) is 1. The number of hydrogen-bond acceptors (Lipinski definition) is 7. The molecule has 11 nitrogen and oxygen atoms in total. The van der Waals surface area contributed by atoms with Gasteiger partial charge in [-0.05, 0) is 48.5 Å². The smallest absolute Gasteiger partial charge is 0.274 e. The van der Waals surface area contributed by atoms with Gasteiger partial charge in [-0.1, -0.05) is 0 Å². The minimum atomic E-state index is -0.930. The summed E-state index contributed by atoms with van der Waals surface area (Å²) in [5.74, 6) is -0.485. The monoisotopic (exact) mass is 479 g/mol. The van der Waals surface area contributed by atoms with Crippen LogP contribution in [-0.2, 0) is 16.0 Å². The molecule has 3 amide bonds. The zero-order valence-corrected chi connectivity index (χ0v) is 19.1. The van der Waals surface area contributed by atoms with Gasteiger partial charge in [0.25, 0.3) is 5.91 Å². The number of carbonyl (C=O) groups excluding carboxylic acids is 3. The molecule has 1 heterocycles. The van der Waals surface area contributed by atoms with Crippen LogP contribution in [0.2, 0.25) is 0 Å². The molecular weight excluding hydrogens is 454 g/mol. The van der Waals surface area contributed by atoms with E-state index in [1.165, 1.54) is 56.4 Å². The molecular formula is C24H25N5O6. The van der Waals surface area contributed by atoms with E-state index >= 15 is 0 Å². The molecule has 182 valence electrons. The second kappa shape index (κ2) is 12.0. The average molecular weight is 479 g/mol. The molecule has 0 fully saturated rings. The van der Waals surface area contributed by atoms with Crippen molar-refractivity contribution < 1.29 is 29.1 Å². The summed E-state index contributed by atoms with van der Waals surface area (Å²) in [7, 11) is 3.06. The average Bonchev–Trinajstić information content (AvgIpc) is 3.40. The van der Waals surface area contributed by atoms with Crippen LogP contribution in [0.5, 0.6) is 11.5 Å². The number of rotatable bonds is 10. The highest BCUT2D eigenvalue weighted by Gasteiger charge is 2.21. The number of benzene rings is 2. The lowest BCUT2D eigenvalue weighted by atomic mass is 10.1. The first-order chi connectivity index (χ1) is 16.9. The van der Waals surface area contributed by atoms with E-state index in [1.807, 2.05) is 0 Å². The lowest BCUT2D eigenvalue weighted by Crippen LogP contribution is -2.44. The van der Waals surface area contributed by atoms with Gasteiger partial charge in [0, 0.05) is 41.2 Å². The van der Waals surface area contributed by atoms with Crippen LogP contribution in [-0.4, -0.2) is 53.2 Å². The minimum Gasteiger partial charge on any atom is -0.497 e. The van der Waals surface area contributed by atoms with E-state index in [0.29, 0.717) is 28.4 Å². The number of hydroxylamine groups is 1.